The van der Waals surface area contributed by atoms with Crippen LogP contribution >= 0.6 is 23.1 Å². The molecule has 9 heteroatoms. The first kappa shape index (κ1) is 21.6. The summed E-state index contributed by atoms with van der Waals surface area (Å²) < 4.78 is 4.24. The standard InChI is InChI=1S/C22H25N5O2S2/c1-12(2)10-26-20(29)19-16(6-7-30-19)27-21(26)24-25-22(27)31-11-17(28)23-18-14(4)8-13(3)9-15(18)5/h6-9,12H,10-11H2,1-5H3,(H,23,28). The van der Waals surface area contributed by atoms with Crippen molar-refractivity contribution in [2.45, 2.75) is 46.3 Å². The zero-order valence-electron chi connectivity index (χ0n) is 18.2. The van der Waals surface area contributed by atoms with Crippen LogP contribution in [0.5, 0.6) is 0 Å². The van der Waals surface area contributed by atoms with Gasteiger partial charge in [0.15, 0.2) is 5.16 Å². The van der Waals surface area contributed by atoms with Crippen LogP contribution in [-0.4, -0.2) is 30.8 Å². The fourth-order valence-electron chi connectivity index (χ4n) is 3.81. The van der Waals surface area contributed by atoms with Crippen LogP contribution in [0, 0.1) is 26.7 Å². The van der Waals surface area contributed by atoms with Crippen molar-refractivity contribution < 1.29 is 4.79 Å². The first-order valence-corrected chi connectivity index (χ1v) is 12.0. The number of rotatable bonds is 6. The number of hydrogen-bond acceptors (Lipinski definition) is 6. The van der Waals surface area contributed by atoms with Gasteiger partial charge in [-0.1, -0.05) is 43.3 Å². The van der Waals surface area contributed by atoms with Crippen LogP contribution in [0.3, 0.4) is 0 Å². The molecule has 0 saturated heterocycles. The van der Waals surface area contributed by atoms with E-state index in [1.54, 1.807) is 4.57 Å². The molecule has 4 rings (SSSR count). The Hall–Kier alpha value is -2.65. The van der Waals surface area contributed by atoms with Gasteiger partial charge >= 0.3 is 0 Å². The lowest BCUT2D eigenvalue weighted by molar-refractivity contribution is -0.113. The minimum absolute atomic E-state index is 0.0433. The van der Waals surface area contributed by atoms with Gasteiger partial charge in [-0.3, -0.25) is 18.6 Å². The van der Waals surface area contributed by atoms with E-state index >= 15 is 0 Å². The maximum Gasteiger partial charge on any atom is 0.272 e. The van der Waals surface area contributed by atoms with Crippen LogP contribution in [0.4, 0.5) is 5.69 Å². The van der Waals surface area contributed by atoms with E-state index < -0.39 is 0 Å². The zero-order chi connectivity index (χ0) is 22.3. The van der Waals surface area contributed by atoms with Gasteiger partial charge in [0.1, 0.15) is 4.70 Å². The number of nitrogens with one attached hydrogen (secondary N) is 1. The summed E-state index contributed by atoms with van der Waals surface area (Å²) in [5.41, 5.74) is 4.85. The van der Waals surface area contributed by atoms with Crippen molar-refractivity contribution in [1.29, 1.82) is 0 Å². The summed E-state index contributed by atoms with van der Waals surface area (Å²) in [7, 11) is 0. The molecule has 31 heavy (non-hydrogen) atoms. The summed E-state index contributed by atoms with van der Waals surface area (Å²) in [6.45, 7) is 10.7. The summed E-state index contributed by atoms with van der Waals surface area (Å²) in [6.07, 6.45) is 0. The van der Waals surface area contributed by atoms with Crippen molar-refractivity contribution in [2.24, 2.45) is 5.92 Å². The van der Waals surface area contributed by atoms with E-state index in [0.717, 1.165) is 22.3 Å². The normalized spacial score (nSPS) is 11.7. The lowest BCUT2D eigenvalue weighted by Gasteiger charge is -2.13. The minimum Gasteiger partial charge on any atom is -0.325 e. The second kappa shape index (κ2) is 8.47. The van der Waals surface area contributed by atoms with E-state index in [-0.39, 0.29) is 17.2 Å². The first-order valence-electron chi connectivity index (χ1n) is 10.1. The first-order chi connectivity index (χ1) is 14.8. The highest BCUT2D eigenvalue weighted by Gasteiger charge is 2.19. The zero-order valence-corrected chi connectivity index (χ0v) is 19.9. The fourth-order valence-corrected chi connectivity index (χ4v) is 5.37. The van der Waals surface area contributed by atoms with Gasteiger partial charge in [-0.15, -0.1) is 21.5 Å². The quantitative estimate of drug-likeness (QED) is 0.435. The van der Waals surface area contributed by atoms with Gasteiger partial charge in [0, 0.05) is 12.2 Å². The van der Waals surface area contributed by atoms with Crippen LogP contribution in [-0.2, 0) is 11.3 Å². The Balaban J connectivity index is 1.63. The third-order valence-electron chi connectivity index (χ3n) is 5.00. The maximum absolute atomic E-state index is 12.9. The van der Waals surface area contributed by atoms with E-state index in [1.165, 1.54) is 28.7 Å². The Bertz CT molecular complexity index is 1330. The van der Waals surface area contributed by atoms with E-state index in [1.807, 2.05) is 36.6 Å². The average molecular weight is 456 g/mol. The molecule has 0 aliphatic heterocycles. The van der Waals surface area contributed by atoms with Crippen LogP contribution in [0.15, 0.2) is 33.5 Å². The highest BCUT2D eigenvalue weighted by Crippen LogP contribution is 2.26. The molecule has 7 nitrogen and oxygen atoms in total. The van der Waals surface area contributed by atoms with Crippen LogP contribution in [0.25, 0.3) is 16.0 Å². The summed E-state index contributed by atoms with van der Waals surface area (Å²) in [4.78, 5) is 25.6. The molecule has 3 heterocycles. The monoisotopic (exact) mass is 455 g/mol. The third kappa shape index (κ3) is 4.12. The predicted molar refractivity (Wildman–Crippen MR) is 127 cm³/mol. The van der Waals surface area contributed by atoms with Crippen molar-refractivity contribution in [3.63, 3.8) is 0 Å². The van der Waals surface area contributed by atoms with Gasteiger partial charge in [0.25, 0.3) is 5.56 Å². The number of carbonyl (C=O) groups excluding carboxylic acids is 1. The lowest BCUT2D eigenvalue weighted by atomic mass is 10.1. The molecular weight excluding hydrogens is 430 g/mol. The van der Waals surface area contributed by atoms with Gasteiger partial charge in [0.05, 0.1) is 11.3 Å². The molecule has 0 spiro atoms. The Morgan fingerprint density at radius 3 is 2.58 bits per heavy atom. The maximum atomic E-state index is 12.9. The molecule has 0 saturated carbocycles. The lowest BCUT2D eigenvalue weighted by Crippen LogP contribution is -2.24. The topological polar surface area (TPSA) is 81.3 Å². The molecule has 1 aromatic carbocycles. The number of benzene rings is 1. The number of amides is 1. The summed E-state index contributed by atoms with van der Waals surface area (Å²) in [5.74, 6) is 0.896. The largest absolute Gasteiger partial charge is 0.325 e. The summed E-state index contributed by atoms with van der Waals surface area (Å²) in [5, 5.41) is 14.1. The summed E-state index contributed by atoms with van der Waals surface area (Å²) >= 11 is 2.73. The van der Waals surface area contributed by atoms with Crippen molar-refractivity contribution in [3.05, 3.63) is 50.6 Å². The molecule has 0 radical (unpaired) electrons. The Kier molecular flexibility index (Phi) is 5.90. The average Bonchev–Trinajstić information content (AvgIpc) is 3.33. The molecular formula is C22H25N5O2S2. The molecule has 4 aromatic rings. The molecule has 0 aliphatic carbocycles. The number of thioether (sulfide) groups is 1. The Labute approximate surface area is 188 Å². The van der Waals surface area contributed by atoms with E-state index in [9.17, 15) is 9.59 Å². The minimum atomic E-state index is -0.103. The van der Waals surface area contributed by atoms with Gasteiger partial charge in [0.2, 0.25) is 11.7 Å². The highest BCUT2D eigenvalue weighted by molar-refractivity contribution is 7.99. The van der Waals surface area contributed by atoms with Crippen LogP contribution in [0.1, 0.15) is 30.5 Å². The molecule has 0 unspecified atom stereocenters. The number of anilines is 1. The number of nitrogens with zero attached hydrogens (tertiary/aromatic N) is 4. The van der Waals surface area contributed by atoms with Gasteiger partial charge in [-0.2, -0.15) is 0 Å². The summed E-state index contributed by atoms with van der Waals surface area (Å²) in [6, 6.07) is 6.02. The van der Waals surface area contributed by atoms with Crippen molar-refractivity contribution >= 4 is 50.7 Å². The molecule has 3 aromatic heterocycles. The van der Waals surface area contributed by atoms with Gasteiger partial charge in [-0.25, -0.2) is 0 Å². The molecule has 162 valence electrons. The van der Waals surface area contributed by atoms with Crippen LogP contribution < -0.4 is 10.9 Å². The second-order valence-corrected chi connectivity index (χ2v) is 10.0. The predicted octanol–water partition coefficient (Wildman–Crippen LogP) is 4.42. The van der Waals surface area contributed by atoms with Gasteiger partial charge < -0.3 is 5.32 Å². The molecule has 1 amide bonds. The smallest absolute Gasteiger partial charge is 0.272 e. The molecule has 0 atom stereocenters. The van der Waals surface area contributed by atoms with Crippen LogP contribution in [0.2, 0.25) is 0 Å². The fraction of sp³-hybridized carbons (Fsp3) is 0.364. The number of aromatic nitrogens is 4. The molecule has 0 bridgehead atoms. The number of fused-ring (bicyclic) bond motifs is 3. The molecule has 1 N–H and O–H groups in total. The highest BCUT2D eigenvalue weighted by atomic mass is 32.2. The number of aryl methyl sites for hydroxylation is 3. The van der Waals surface area contributed by atoms with Crippen molar-refractivity contribution in [3.8, 4) is 0 Å². The number of thiophene rings is 1. The van der Waals surface area contributed by atoms with Crippen molar-refractivity contribution in [2.75, 3.05) is 11.1 Å². The molecule has 0 fully saturated rings. The van der Waals surface area contributed by atoms with E-state index in [0.29, 0.717) is 28.1 Å². The number of hydrogen-bond donors (Lipinski definition) is 1. The SMILES string of the molecule is Cc1cc(C)c(NC(=O)CSc2nnc3n(CC(C)C)c(=O)c4sccc4n23)c(C)c1. The molecule has 0 aliphatic rings. The number of carbonyl (C=O) groups is 1. The van der Waals surface area contributed by atoms with Gasteiger partial charge in [-0.05, 0) is 49.3 Å². The van der Waals surface area contributed by atoms with Crippen molar-refractivity contribution in [1.82, 2.24) is 19.2 Å². The van der Waals surface area contributed by atoms with E-state index in [2.05, 4.69) is 41.5 Å². The third-order valence-corrected chi connectivity index (χ3v) is 6.82. The Morgan fingerprint density at radius 2 is 1.90 bits per heavy atom. The van der Waals surface area contributed by atoms with E-state index in [4.69, 9.17) is 0 Å². The second-order valence-electron chi connectivity index (χ2n) is 8.17. The Morgan fingerprint density at radius 1 is 1.19 bits per heavy atom.